The number of carbonyl (C=O) groups is 1. The number of carbonyl (C=O) groups excluding carboxylic acids is 1. The maximum absolute atomic E-state index is 11.9. The molecule has 0 aliphatic heterocycles. The number of nitrogens with one attached hydrogen (secondary N) is 1. The molecule has 1 N–H and O–H groups in total. The highest BCUT2D eigenvalue weighted by molar-refractivity contribution is 5.70. The van der Waals surface area contributed by atoms with E-state index in [0.29, 0.717) is 6.54 Å². The van der Waals surface area contributed by atoms with Crippen molar-refractivity contribution in [1.29, 1.82) is 0 Å². The molecular weight excluding hydrogens is 336 g/mol. The van der Waals surface area contributed by atoms with E-state index in [-0.39, 0.29) is 5.97 Å². The predicted molar refractivity (Wildman–Crippen MR) is 106 cm³/mol. The summed E-state index contributed by atoms with van der Waals surface area (Å²) >= 11 is 0. The Morgan fingerprint density at radius 3 is 2.44 bits per heavy atom. The van der Waals surface area contributed by atoms with Gasteiger partial charge in [0.05, 0.1) is 12.8 Å². The van der Waals surface area contributed by atoms with Gasteiger partial charge in [0.1, 0.15) is 13.1 Å². The summed E-state index contributed by atoms with van der Waals surface area (Å²) in [5, 5.41) is 0. The van der Waals surface area contributed by atoms with Gasteiger partial charge >= 0.3 is 5.97 Å². The summed E-state index contributed by atoms with van der Waals surface area (Å²) in [7, 11) is 1.45. The molecule has 4 heteroatoms. The van der Waals surface area contributed by atoms with Crippen LogP contribution in [-0.4, -0.2) is 24.2 Å². The van der Waals surface area contributed by atoms with Gasteiger partial charge in [-0.25, -0.2) is 4.79 Å². The summed E-state index contributed by atoms with van der Waals surface area (Å²) in [6, 6.07) is 23.0. The van der Waals surface area contributed by atoms with Crippen molar-refractivity contribution in [3.8, 4) is 0 Å². The van der Waals surface area contributed by atoms with Crippen LogP contribution in [0.2, 0.25) is 0 Å². The van der Waals surface area contributed by atoms with Gasteiger partial charge < -0.3 is 14.2 Å². The van der Waals surface area contributed by atoms with Crippen LogP contribution in [0.3, 0.4) is 0 Å². The van der Waals surface area contributed by atoms with Crippen molar-refractivity contribution >= 4 is 5.97 Å². The van der Waals surface area contributed by atoms with Crippen LogP contribution in [0.5, 0.6) is 0 Å². The quantitative estimate of drug-likeness (QED) is 0.625. The van der Waals surface area contributed by atoms with E-state index < -0.39 is 0 Å². The maximum Gasteiger partial charge on any atom is 0.361 e. The summed E-state index contributed by atoms with van der Waals surface area (Å²) in [5.74, 6) is -0.182. The van der Waals surface area contributed by atoms with E-state index in [0.717, 1.165) is 24.5 Å². The molecule has 3 rings (SSSR count). The van der Waals surface area contributed by atoms with Gasteiger partial charge in [-0.3, -0.25) is 0 Å². The number of hydrogen-bond acceptors (Lipinski definition) is 2. The lowest BCUT2D eigenvalue weighted by molar-refractivity contribution is -0.920. The minimum Gasteiger partial charge on any atom is -0.465 e. The molecule has 1 unspecified atom stereocenters. The highest BCUT2D eigenvalue weighted by Crippen LogP contribution is 2.11. The molecule has 0 radical (unpaired) electrons. The smallest absolute Gasteiger partial charge is 0.361 e. The Morgan fingerprint density at radius 2 is 1.70 bits per heavy atom. The molecule has 1 atom stereocenters. The van der Waals surface area contributed by atoms with Crippen molar-refractivity contribution in [1.82, 2.24) is 4.57 Å². The minimum atomic E-state index is -0.182. The van der Waals surface area contributed by atoms with Gasteiger partial charge in [-0.15, -0.1) is 0 Å². The zero-order valence-corrected chi connectivity index (χ0v) is 16.0. The monoisotopic (exact) mass is 363 g/mol. The zero-order valence-electron chi connectivity index (χ0n) is 16.0. The number of hydrogen-bond donors (Lipinski definition) is 1. The number of aromatic nitrogens is 1. The molecule has 0 saturated heterocycles. The zero-order chi connectivity index (χ0) is 19.1. The van der Waals surface area contributed by atoms with Crippen molar-refractivity contribution in [3.05, 3.63) is 95.3 Å². The summed E-state index contributed by atoms with van der Waals surface area (Å²) in [5.41, 5.74) is 5.04. The molecule has 1 heterocycles. The lowest BCUT2D eigenvalue weighted by Crippen LogP contribution is -3.10. The van der Waals surface area contributed by atoms with Gasteiger partial charge in [-0.05, 0) is 30.2 Å². The number of esters is 1. The van der Waals surface area contributed by atoms with Crippen LogP contribution >= 0.6 is 0 Å². The highest BCUT2D eigenvalue weighted by atomic mass is 16.5. The Morgan fingerprint density at radius 1 is 0.963 bits per heavy atom. The molecule has 0 amide bonds. The van der Waals surface area contributed by atoms with E-state index in [1.165, 1.54) is 29.5 Å². The standard InChI is InChI=1S/C23H26N2O2/c1-19-9-6-7-12-21(19)16-25-14-8-13-22(25)17-24(18-23(26)27-2)15-20-10-4-3-5-11-20/h3-14H,15-18H2,1-2H3/p+1. The van der Waals surface area contributed by atoms with Crippen molar-refractivity contribution in [2.45, 2.75) is 26.6 Å². The largest absolute Gasteiger partial charge is 0.465 e. The predicted octanol–water partition coefficient (Wildman–Crippen LogP) is 2.60. The van der Waals surface area contributed by atoms with E-state index >= 15 is 0 Å². The van der Waals surface area contributed by atoms with E-state index in [4.69, 9.17) is 4.74 Å². The Labute approximate surface area is 161 Å². The first-order chi connectivity index (χ1) is 13.2. The molecule has 0 fully saturated rings. The van der Waals surface area contributed by atoms with Crippen LogP contribution < -0.4 is 4.90 Å². The first kappa shape index (κ1) is 18.9. The van der Waals surface area contributed by atoms with Crippen LogP contribution in [-0.2, 0) is 29.2 Å². The van der Waals surface area contributed by atoms with Crippen molar-refractivity contribution < 1.29 is 14.4 Å². The summed E-state index contributed by atoms with van der Waals surface area (Å²) in [6.07, 6.45) is 2.11. The van der Waals surface area contributed by atoms with E-state index in [9.17, 15) is 4.79 Å². The third-order valence-corrected chi connectivity index (χ3v) is 4.88. The average Bonchev–Trinajstić information content (AvgIpc) is 3.11. The second-order valence-corrected chi connectivity index (χ2v) is 6.90. The topological polar surface area (TPSA) is 35.7 Å². The van der Waals surface area contributed by atoms with E-state index in [1.54, 1.807) is 0 Å². The highest BCUT2D eigenvalue weighted by Gasteiger charge is 2.18. The number of aryl methyl sites for hydroxylation is 1. The normalized spacial score (nSPS) is 11.9. The van der Waals surface area contributed by atoms with Gasteiger partial charge in [0.25, 0.3) is 0 Å². The molecule has 2 aromatic carbocycles. The van der Waals surface area contributed by atoms with Crippen LogP contribution in [0.25, 0.3) is 0 Å². The number of ether oxygens (including phenoxy) is 1. The fourth-order valence-electron chi connectivity index (χ4n) is 3.34. The fraction of sp³-hybridized carbons (Fsp3) is 0.261. The summed E-state index contributed by atoms with van der Waals surface area (Å²) < 4.78 is 7.18. The Balaban J connectivity index is 1.76. The number of rotatable bonds is 8. The molecule has 3 aromatic rings. The minimum absolute atomic E-state index is 0.182. The van der Waals surface area contributed by atoms with Crippen molar-refractivity contribution in [3.63, 3.8) is 0 Å². The second-order valence-electron chi connectivity index (χ2n) is 6.90. The number of quaternary nitrogens is 1. The van der Waals surface area contributed by atoms with Crippen LogP contribution in [0, 0.1) is 6.92 Å². The Hall–Kier alpha value is -2.85. The lowest BCUT2D eigenvalue weighted by atomic mass is 10.1. The van der Waals surface area contributed by atoms with Crippen LogP contribution in [0.1, 0.15) is 22.4 Å². The van der Waals surface area contributed by atoms with Gasteiger partial charge in [0.2, 0.25) is 0 Å². The molecule has 0 spiro atoms. The SMILES string of the molecule is COC(=O)C[NH+](Cc1ccccc1)Cc1cccn1Cc1ccccc1C. The maximum atomic E-state index is 11.9. The number of nitrogens with zero attached hydrogens (tertiary/aromatic N) is 1. The van der Waals surface area contributed by atoms with E-state index in [2.05, 4.69) is 66.2 Å². The van der Waals surface area contributed by atoms with Crippen LogP contribution in [0.4, 0.5) is 0 Å². The summed E-state index contributed by atoms with van der Waals surface area (Å²) in [4.78, 5) is 13.1. The fourth-order valence-corrected chi connectivity index (χ4v) is 3.34. The third kappa shape index (κ3) is 5.31. The number of benzene rings is 2. The van der Waals surface area contributed by atoms with Crippen molar-refractivity contribution in [2.75, 3.05) is 13.7 Å². The third-order valence-electron chi connectivity index (χ3n) is 4.88. The molecule has 4 nitrogen and oxygen atoms in total. The molecule has 27 heavy (non-hydrogen) atoms. The molecule has 0 aliphatic rings. The summed E-state index contributed by atoms with van der Waals surface area (Å²) in [6.45, 7) is 4.88. The first-order valence-corrected chi connectivity index (χ1v) is 9.28. The average molecular weight is 363 g/mol. The molecule has 0 aliphatic carbocycles. The molecule has 1 aromatic heterocycles. The van der Waals surface area contributed by atoms with E-state index in [1.807, 2.05) is 18.2 Å². The lowest BCUT2D eigenvalue weighted by Gasteiger charge is -2.20. The Kier molecular flexibility index (Phi) is 6.44. The van der Waals surface area contributed by atoms with Gasteiger partial charge in [-0.1, -0.05) is 54.6 Å². The molecule has 0 bridgehead atoms. The van der Waals surface area contributed by atoms with Gasteiger partial charge in [0.15, 0.2) is 6.54 Å². The number of methoxy groups -OCH3 is 1. The van der Waals surface area contributed by atoms with Gasteiger partial charge in [0, 0.05) is 18.3 Å². The molecule has 140 valence electrons. The van der Waals surface area contributed by atoms with Gasteiger partial charge in [-0.2, -0.15) is 0 Å². The molecular formula is C23H27N2O2+. The Bertz CT molecular complexity index is 871. The molecule has 0 saturated carbocycles. The van der Waals surface area contributed by atoms with Crippen LogP contribution in [0.15, 0.2) is 72.9 Å². The first-order valence-electron chi connectivity index (χ1n) is 9.28. The second kappa shape index (κ2) is 9.19. The van der Waals surface area contributed by atoms with Crippen molar-refractivity contribution in [2.24, 2.45) is 0 Å².